The number of allylic oxidation sites excluding steroid dienone is 9. The molecule has 0 bridgehead atoms. The van der Waals surface area contributed by atoms with E-state index >= 15 is 0 Å². The Balaban J connectivity index is 5.38. The first kappa shape index (κ1) is 64.7. The normalized spacial score (nSPS) is 14.3. The van der Waals surface area contributed by atoms with Crippen LogP contribution in [0.1, 0.15) is 239 Å². The molecule has 0 rings (SSSR count). The van der Waals surface area contributed by atoms with Gasteiger partial charge < -0.3 is 28.5 Å². The number of phosphoric ester groups is 1. The summed E-state index contributed by atoms with van der Waals surface area (Å²) in [6.07, 6.45) is 57.5. The second-order valence-corrected chi connectivity index (χ2v) is 21.1. The summed E-state index contributed by atoms with van der Waals surface area (Å²) in [6, 6.07) is -0.898. The molecule has 0 radical (unpaired) electrons. The molecule has 0 saturated carbocycles. The number of carbonyl (C=O) groups excluding carboxylic acids is 2. The van der Waals surface area contributed by atoms with E-state index in [0.717, 1.165) is 77.0 Å². The summed E-state index contributed by atoms with van der Waals surface area (Å²) in [5.74, 6) is -0.578. The maximum atomic E-state index is 13.4. The largest absolute Gasteiger partial charge is 0.756 e. The lowest BCUT2D eigenvalue weighted by Crippen LogP contribution is -2.47. The van der Waals surface area contributed by atoms with Crippen molar-refractivity contribution in [1.82, 2.24) is 5.32 Å². The van der Waals surface area contributed by atoms with Gasteiger partial charge in [-0.15, -0.1) is 0 Å². The molecule has 0 aliphatic rings. The second-order valence-electron chi connectivity index (χ2n) is 19.7. The zero-order valence-corrected chi connectivity index (χ0v) is 45.2. The molecular weight excluding hydrogens is 856 g/mol. The maximum Gasteiger partial charge on any atom is 0.306 e. The van der Waals surface area contributed by atoms with E-state index in [1.165, 1.54) is 122 Å². The van der Waals surface area contributed by atoms with Crippen molar-refractivity contribution in [3.05, 3.63) is 60.8 Å². The monoisotopic (exact) mass is 961 g/mol. The summed E-state index contributed by atoms with van der Waals surface area (Å²) in [6.45, 7) is 6.77. The molecule has 3 unspecified atom stereocenters. The zero-order chi connectivity index (χ0) is 49.4. The summed E-state index contributed by atoms with van der Waals surface area (Å²) >= 11 is 0. The van der Waals surface area contributed by atoms with Crippen LogP contribution in [0.15, 0.2) is 60.8 Å². The third-order valence-corrected chi connectivity index (χ3v) is 12.9. The molecule has 3 atom stereocenters. The smallest absolute Gasteiger partial charge is 0.306 e. The summed E-state index contributed by atoms with van der Waals surface area (Å²) in [4.78, 5) is 39.7. The Morgan fingerprint density at radius 1 is 0.522 bits per heavy atom. The molecule has 9 nitrogen and oxygen atoms in total. The summed E-state index contributed by atoms with van der Waals surface area (Å²) < 4.78 is 30.1. The van der Waals surface area contributed by atoms with Crippen LogP contribution in [0.3, 0.4) is 0 Å². The molecule has 0 fully saturated rings. The predicted molar refractivity (Wildman–Crippen MR) is 284 cm³/mol. The molecule has 390 valence electrons. The number of carbonyl (C=O) groups is 2. The molecular formula is C57H105N2O7P. The Kier molecular flexibility index (Phi) is 45.8. The standard InChI is InChI=1S/C57H105N2O7P/c1-7-10-13-16-19-22-25-26-27-28-29-30-31-32-35-38-41-44-47-50-57(61)66-55(48-45-42-39-36-33-23-20-17-14-11-8-2)54(53-65-67(62,63)64-52-51-59(4,5)6)58-56(60)49-46-43-40-37-34-24-21-18-15-12-9-3/h19,22,26-27,29-30,32,35,45,48,54-55H,7-18,20-21,23-25,28,31,33-34,36-44,46-47,49-53H2,1-6H3,(H-,58,60,62,63)/b22-19-,27-26-,30-29-,35-32-,48-45+. The molecule has 0 aliphatic carbocycles. The Morgan fingerprint density at radius 2 is 0.910 bits per heavy atom. The number of nitrogens with one attached hydrogen (secondary N) is 1. The van der Waals surface area contributed by atoms with Crippen molar-refractivity contribution in [2.45, 2.75) is 251 Å². The van der Waals surface area contributed by atoms with Gasteiger partial charge in [-0.3, -0.25) is 14.2 Å². The first-order valence-corrected chi connectivity index (χ1v) is 29.1. The van der Waals surface area contributed by atoms with Crippen LogP contribution in [0.25, 0.3) is 0 Å². The van der Waals surface area contributed by atoms with E-state index in [2.05, 4.69) is 74.7 Å². The average Bonchev–Trinajstić information content (AvgIpc) is 3.28. The Labute approximate surface area is 413 Å². The number of hydrogen-bond donors (Lipinski definition) is 1. The third kappa shape index (κ3) is 48.5. The van der Waals surface area contributed by atoms with Crippen LogP contribution in [0.4, 0.5) is 0 Å². The van der Waals surface area contributed by atoms with Crippen molar-refractivity contribution < 1.29 is 37.3 Å². The topological polar surface area (TPSA) is 114 Å². The quantitative estimate of drug-likeness (QED) is 0.0212. The fraction of sp³-hybridized carbons (Fsp3) is 0.789. The van der Waals surface area contributed by atoms with Crippen LogP contribution in [-0.2, 0) is 27.9 Å². The minimum Gasteiger partial charge on any atom is -0.756 e. The minimum atomic E-state index is -4.69. The zero-order valence-electron chi connectivity index (χ0n) is 44.3. The van der Waals surface area contributed by atoms with Gasteiger partial charge >= 0.3 is 5.97 Å². The third-order valence-electron chi connectivity index (χ3n) is 12.0. The van der Waals surface area contributed by atoms with Crippen molar-refractivity contribution in [2.75, 3.05) is 40.9 Å². The molecule has 0 aromatic carbocycles. The van der Waals surface area contributed by atoms with E-state index in [0.29, 0.717) is 23.9 Å². The lowest BCUT2D eigenvalue weighted by atomic mass is 10.0. The van der Waals surface area contributed by atoms with Crippen molar-refractivity contribution in [3.63, 3.8) is 0 Å². The minimum absolute atomic E-state index is 0.0281. The number of amides is 1. The van der Waals surface area contributed by atoms with Gasteiger partial charge in [0.1, 0.15) is 19.3 Å². The number of ether oxygens (including phenoxy) is 1. The van der Waals surface area contributed by atoms with Crippen molar-refractivity contribution >= 4 is 19.7 Å². The highest BCUT2D eigenvalue weighted by molar-refractivity contribution is 7.45. The summed E-state index contributed by atoms with van der Waals surface area (Å²) in [7, 11) is 1.16. The van der Waals surface area contributed by atoms with Gasteiger partial charge in [0.15, 0.2) is 0 Å². The Morgan fingerprint density at radius 3 is 1.40 bits per heavy atom. The average molecular weight is 961 g/mol. The highest BCUT2D eigenvalue weighted by atomic mass is 31.2. The van der Waals surface area contributed by atoms with E-state index < -0.39 is 26.6 Å². The molecule has 0 saturated heterocycles. The summed E-state index contributed by atoms with van der Waals surface area (Å²) in [5.41, 5.74) is 0. The highest BCUT2D eigenvalue weighted by Gasteiger charge is 2.27. The van der Waals surface area contributed by atoms with Crippen LogP contribution in [-0.4, -0.2) is 69.4 Å². The predicted octanol–water partition coefficient (Wildman–Crippen LogP) is 15.7. The first-order chi connectivity index (χ1) is 32.4. The SMILES string of the molecule is CCCCC/C=C\C/C=C\C/C=C\C/C=C\CCCCCC(=O)OC(/C=C/CCCCCCCCCCC)C(COP(=O)([O-])OCC[N+](C)(C)C)NC(=O)CCCCCCCCCCCCC. The highest BCUT2D eigenvalue weighted by Crippen LogP contribution is 2.38. The molecule has 1 N–H and O–H groups in total. The number of esters is 1. The van der Waals surface area contributed by atoms with Crippen molar-refractivity contribution in [1.29, 1.82) is 0 Å². The number of nitrogens with zero attached hydrogens (tertiary/aromatic N) is 1. The molecule has 10 heteroatoms. The fourth-order valence-electron chi connectivity index (χ4n) is 7.62. The second kappa shape index (κ2) is 47.4. The van der Waals surface area contributed by atoms with Crippen LogP contribution in [0, 0.1) is 0 Å². The van der Waals surface area contributed by atoms with Gasteiger partial charge in [0.2, 0.25) is 5.91 Å². The number of unbranched alkanes of at least 4 members (excludes halogenated alkanes) is 25. The van der Waals surface area contributed by atoms with Gasteiger partial charge in [-0.05, 0) is 76.7 Å². The van der Waals surface area contributed by atoms with Gasteiger partial charge in [0.05, 0.1) is 33.8 Å². The van der Waals surface area contributed by atoms with E-state index in [-0.39, 0.29) is 24.9 Å². The molecule has 0 heterocycles. The number of rotatable bonds is 49. The first-order valence-electron chi connectivity index (χ1n) is 27.6. The fourth-order valence-corrected chi connectivity index (χ4v) is 8.34. The molecule has 0 aromatic rings. The van der Waals surface area contributed by atoms with Crippen LogP contribution in [0.2, 0.25) is 0 Å². The van der Waals surface area contributed by atoms with E-state index in [1.807, 2.05) is 33.3 Å². The van der Waals surface area contributed by atoms with Crippen molar-refractivity contribution in [2.24, 2.45) is 0 Å². The lowest BCUT2D eigenvalue weighted by Gasteiger charge is -2.30. The van der Waals surface area contributed by atoms with E-state index in [9.17, 15) is 19.0 Å². The van der Waals surface area contributed by atoms with E-state index in [4.69, 9.17) is 13.8 Å². The molecule has 0 aromatic heterocycles. The van der Waals surface area contributed by atoms with Crippen LogP contribution >= 0.6 is 7.82 Å². The number of hydrogen-bond acceptors (Lipinski definition) is 7. The summed E-state index contributed by atoms with van der Waals surface area (Å²) in [5, 5.41) is 3.00. The van der Waals surface area contributed by atoms with E-state index in [1.54, 1.807) is 0 Å². The molecule has 0 aliphatic heterocycles. The van der Waals surface area contributed by atoms with Gasteiger partial charge in [0.25, 0.3) is 7.82 Å². The Hall–Kier alpha value is -2.29. The number of phosphoric acid groups is 1. The van der Waals surface area contributed by atoms with Gasteiger partial charge in [-0.25, -0.2) is 0 Å². The number of likely N-dealkylation sites (N-methyl/N-ethyl adjacent to an activating group) is 1. The van der Waals surface area contributed by atoms with Gasteiger partial charge in [0, 0.05) is 12.8 Å². The van der Waals surface area contributed by atoms with Gasteiger partial charge in [-0.2, -0.15) is 0 Å². The van der Waals surface area contributed by atoms with Crippen molar-refractivity contribution in [3.8, 4) is 0 Å². The Bertz CT molecular complexity index is 1340. The van der Waals surface area contributed by atoms with Crippen LogP contribution in [0.5, 0.6) is 0 Å². The maximum absolute atomic E-state index is 13.4. The molecule has 1 amide bonds. The number of quaternary nitrogens is 1. The van der Waals surface area contributed by atoms with Crippen LogP contribution < -0.4 is 10.2 Å². The van der Waals surface area contributed by atoms with Gasteiger partial charge in [-0.1, -0.05) is 210 Å². The molecule has 0 spiro atoms. The molecule has 67 heavy (non-hydrogen) atoms. The lowest BCUT2D eigenvalue weighted by molar-refractivity contribution is -0.870.